The molecule has 0 saturated heterocycles. The third-order valence-electron chi connectivity index (χ3n) is 3.08. The normalized spacial score (nSPS) is 10.3. The lowest BCUT2D eigenvalue weighted by atomic mass is 10.1. The van der Waals surface area contributed by atoms with Crippen LogP contribution in [0.2, 0.25) is 0 Å². The van der Waals surface area contributed by atoms with Crippen LogP contribution in [0.25, 0.3) is 0 Å². The second-order valence-corrected chi connectivity index (χ2v) is 4.70. The van der Waals surface area contributed by atoms with E-state index in [0.29, 0.717) is 32.2 Å². The number of esters is 1. The van der Waals surface area contributed by atoms with E-state index in [1.807, 2.05) is 0 Å². The summed E-state index contributed by atoms with van der Waals surface area (Å²) in [7, 11) is 1.33. The van der Waals surface area contributed by atoms with Crippen molar-refractivity contribution in [2.24, 2.45) is 0 Å². The highest BCUT2D eigenvalue weighted by molar-refractivity contribution is 5.94. The van der Waals surface area contributed by atoms with E-state index in [9.17, 15) is 18.4 Å². The van der Waals surface area contributed by atoms with E-state index in [1.165, 1.54) is 20.1 Å². The highest BCUT2D eigenvalue weighted by Crippen LogP contribution is 2.16. The van der Waals surface area contributed by atoms with Crippen molar-refractivity contribution < 1.29 is 23.1 Å². The zero-order valence-corrected chi connectivity index (χ0v) is 12.2. The van der Waals surface area contributed by atoms with Gasteiger partial charge in [-0.25, -0.2) is 8.78 Å². The SMILES string of the molecule is COC(=O)CCCCCNC(=O)c1c(F)ccc(C)c1F. The molecule has 0 radical (unpaired) electrons. The predicted molar refractivity (Wildman–Crippen MR) is 73.9 cm³/mol. The fourth-order valence-electron chi connectivity index (χ4n) is 1.83. The van der Waals surface area contributed by atoms with E-state index in [0.717, 1.165) is 6.07 Å². The summed E-state index contributed by atoms with van der Waals surface area (Å²) < 4.78 is 31.7. The van der Waals surface area contributed by atoms with Crippen LogP contribution in [0.5, 0.6) is 0 Å². The van der Waals surface area contributed by atoms with E-state index in [-0.39, 0.29) is 11.5 Å². The van der Waals surface area contributed by atoms with Crippen LogP contribution < -0.4 is 5.32 Å². The number of halogens is 2. The molecule has 1 rings (SSSR count). The Bertz CT molecular complexity index is 518. The number of benzene rings is 1. The van der Waals surface area contributed by atoms with Crippen LogP contribution in [0.3, 0.4) is 0 Å². The molecule has 1 aromatic carbocycles. The Balaban J connectivity index is 2.38. The van der Waals surface area contributed by atoms with Gasteiger partial charge in [-0.1, -0.05) is 12.5 Å². The molecule has 0 aliphatic rings. The number of aryl methyl sites for hydroxylation is 1. The van der Waals surface area contributed by atoms with Gasteiger partial charge in [0.05, 0.1) is 7.11 Å². The number of carbonyl (C=O) groups excluding carboxylic acids is 2. The van der Waals surface area contributed by atoms with Gasteiger partial charge in [-0.05, 0) is 31.4 Å². The first-order valence-electron chi connectivity index (χ1n) is 6.77. The fraction of sp³-hybridized carbons (Fsp3) is 0.467. The molecule has 0 aliphatic carbocycles. The number of hydrogen-bond acceptors (Lipinski definition) is 3. The van der Waals surface area contributed by atoms with Crippen LogP contribution in [-0.2, 0) is 9.53 Å². The summed E-state index contributed by atoms with van der Waals surface area (Å²) in [5.41, 5.74) is -0.329. The minimum atomic E-state index is -0.874. The Labute approximate surface area is 122 Å². The van der Waals surface area contributed by atoms with E-state index in [1.54, 1.807) is 0 Å². The number of nitrogens with one attached hydrogen (secondary N) is 1. The average Bonchev–Trinajstić information content (AvgIpc) is 2.46. The van der Waals surface area contributed by atoms with Gasteiger partial charge in [-0.15, -0.1) is 0 Å². The highest BCUT2D eigenvalue weighted by Gasteiger charge is 2.18. The van der Waals surface area contributed by atoms with Crippen molar-refractivity contribution in [1.82, 2.24) is 5.32 Å². The highest BCUT2D eigenvalue weighted by atomic mass is 19.1. The molecular formula is C15H19F2NO3. The van der Waals surface area contributed by atoms with Crippen LogP contribution in [0.4, 0.5) is 8.78 Å². The Morgan fingerprint density at radius 1 is 1.19 bits per heavy atom. The van der Waals surface area contributed by atoms with Crippen molar-refractivity contribution in [2.75, 3.05) is 13.7 Å². The Morgan fingerprint density at radius 2 is 1.90 bits per heavy atom. The zero-order valence-electron chi connectivity index (χ0n) is 12.2. The van der Waals surface area contributed by atoms with Crippen LogP contribution in [0.1, 0.15) is 41.6 Å². The van der Waals surface area contributed by atoms with Gasteiger partial charge in [0.25, 0.3) is 5.91 Å². The molecule has 0 aromatic heterocycles. The maximum atomic E-state index is 13.7. The molecule has 0 unspecified atom stereocenters. The van der Waals surface area contributed by atoms with Gasteiger partial charge >= 0.3 is 5.97 Å². The minimum Gasteiger partial charge on any atom is -0.469 e. The van der Waals surface area contributed by atoms with E-state index >= 15 is 0 Å². The molecule has 0 heterocycles. The van der Waals surface area contributed by atoms with Gasteiger partial charge in [0.1, 0.15) is 17.2 Å². The van der Waals surface area contributed by atoms with E-state index in [4.69, 9.17) is 0 Å². The largest absolute Gasteiger partial charge is 0.469 e. The van der Waals surface area contributed by atoms with Crippen molar-refractivity contribution >= 4 is 11.9 Å². The molecule has 0 spiro atoms. The van der Waals surface area contributed by atoms with Crippen molar-refractivity contribution in [3.8, 4) is 0 Å². The third kappa shape index (κ3) is 5.13. The van der Waals surface area contributed by atoms with Gasteiger partial charge in [0, 0.05) is 13.0 Å². The molecule has 1 N–H and O–H groups in total. The smallest absolute Gasteiger partial charge is 0.305 e. The van der Waals surface area contributed by atoms with Gasteiger partial charge in [0.2, 0.25) is 0 Å². The van der Waals surface area contributed by atoms with E-state index < -0.39 is 23.1 Å². The summed E-state index contributed by atoms with van der Waals surface area (Å²) in [5, 5.41) is 2.47. The molecule has 0 bridgehead atoms. The molecule has 4 nitrogen and oxygen atoms in total. The van der Waals surface area contributed by atoms with Gasteiger partial charge in [-0.3, -0.25) is 9.59 Å². The molecular weight excluding hydrogens is 280 g/mol. The first-order chi connectivity index (χ1) is 9.97. The summed E-state index contributed by atoms with van der Waals surface area (Å²) in [6.07, 6.45) is 2.31. The average molecular weight is 299 g/mol. The monoisotopic (exact) mass is 299 g/mol. The molecule has 0 saturated carbocycles. The summed E-state index contributed by atoms with van der Waals surface area (Å²) in [5.74, 6) is -2.75. The molecule has 1 amide bonds. The molecule has 1 aromatic rings. The van der Waals surface area contributed by atoms with Crippen molar-refractivity contribution in [1.29, 1.82) is 0 Å². The predicted octanol–water partition coefficient (Wildman–Crippen LogP) is 2.74. The Kier molecular flexibility index (Phi) is 6.78. The van der Waals surface area contributed by atoms with Gasteiger partial charge < -0.3 is 10.1 Å². The fourth-order valence-corrected chi connectivity index (χ4v) is 1.83. The van der Waals surface area contributed by atoms with Gasteiger partial charge in [0.15, 0.2) is 0 Å². The lowest BCUT2D eigenvalue weighted by Crippen LogP contribution is -2.26. The lowest BCUT2D eigenvalue weighted by molar-refractivity contribution is -0.140. The first-order valence-corrected chi connectivity index (χ1v) is 6.77. The molecule has 0 fully saturated rings. The number of amides is 1. The summed E-state index contributed by atoms with van der Waals surface area (Å²) in [4.78, 5) is 22.6. The van der Waals surface area contributed by atoms with E-state index in [2.05, 4.69) is 10.1 Å². The molecule has 0 aliphatic heterocycles. The second-order valence-electron chi connectivity index (χ2n) is 4.70. The third-order valence-corrected chi connectivity index (χ3v) is 3.08. The Hall–Kier alpha value is -1.98. The number of unbranched alkanes of at least 4 members (excludes halogenated alkanes) is 2. The van der Waals surface area contributed by atoms with Crippen molar-refractivity contribution in [2.45, 2.75) is 32.6 Å². The summed E-state index contributed by atoms with van der Waals surface area (Å²) in [6, 6.07) is 2.36. The van der Waals surface area contributed by atoms with Gasteiger partial charge in [-0.2, -0.15) is 0 Å². The minimum absolute atomic E-state index is 0.222. The van der Waals surface area contributed by atoms with Crippen LogP contribution >= 0.6 is 0 Å². The zero-order chi connectivity index (χ0) is 15.8. The number of carbonyl (C=O) groups is 2. The van der Waals surface area contributed by atoms with Crippen molar-refractivity contribution in [3.63, 3.8) is 0 Å². The lowest BCUT2D eigenvalue weighted by Gasteiger charge is -2.08. The first kappa shape index (κ1) is 17.1. The summed E-state index contributed by atoms with van der Waals surface area (Å²) >= 11 is 0. The molecule has 116 valence electrons. The number of hydrogen-bond donors (Lipinski definition) is 1. The maximum absolute atomic E-state index is 13.7. The van der Waals surface area contributed by atoms with Crippen LogP contribution in [0, 0.1) is 18.6 Å². The van der Waals surface area contributed by atoms with Crippen molar-refractivity contribution in [3.05, 3.63) is 34.9 Å². The molecule has 6 heteroatoms. The summed E-state index contributed by atoms with van der Waals surface area (Å²) in [6.45, 7) is 1.77. The topological polar surface area (TPSA) is 55.4 Å². The number of rotatable bonds is 7. The second kappa shape index (κ2) is 8.34. The molecule has 0 atom stereocenters. The standard InChI is InChI=1S/C15H19F2NO3/c1-10-7-8-11(16)13(14(10)17)15(20)18-9-5-3-4-6-12(19)21-2/h7-8H,3-6,9H2,1-2H3,(H,18,20). The number of ether oxygens (including phenoxy) is 1. The molecule has 21 heavy (non-hydrogen) atoms. The quantitative estimate of drug-likeness (QED) is 0.622. The number of methoxy groups -OCH3 is 1. The van der Waals surface area contributed by atoms with Crippen LogP contribution in [-0.4, -0.2) is 25.5 Å². The van der Waals surface area contributed by atoms with Crippen LogP contribution in [0.15, 0.2) is 12.1 Å². The Morgan fingerprint density at radius 3 is 2.57 bits per heavy atom. The maximum Gasteiger partial charge on any atom is 0.305 e.